The smallest absolute Gasteiger partial charge is 0.269 e. The van der Waals surface area contributed by atoms with Crippen LogP contribution in [0.15, 0.2) is 30.3 Å². The molecule has 1 N–H and O–H groups in total. The number of ether oxygens (including phenoxy) is 1. The zero-order chi connectivity index (χ0) is 17.5. The molecule has 3 rings (SSSR count). The lowest BCUT2D eigenvalue weighted by Gasteiger charge is -2.21. The number of aromatic nitrogens is 1. The van der Waals surface area contributed by atoms with Gasteiger partial charge in [-0.05, 0) is 36.8 Å². The molecule has 0 radical (unpaired) electrons. The van der Waals surface area contributed by atoms with Crippen molar-refractivity contribution >= 4 is 0 Å². The van der Waals surface area contributed by atoms with Crippen molar-refractivity contribution in [2.75, 3.05) is 6.61 Å². The predicted octanol–water partition coefficient (Wildman–Crippen LogP) is 4.25. The van der Waals surface area contributed by atoms with E-state index in [9.17, 15) is 18.3 Å². The second-order valence-corrected chi connectivity index (χ2v) is 6.26. The average Bonchev–Trinajstić information content (AvgIpc) is 2.92. The van der Waals surface area contributed by atoms with Crippen LogP contribution in [0, 0.1) is 5.82 Å². The molecule has 2 atom stereocenters. The lowest BCUT2D eigenvalue weighted by atomic mass is 9.81. The van der Waals surface area contributed by atoms with Gasteiger partial charge in [-0.2, -0.15) is 0 Å². The minimum atomic E-state index is -2.94. The fourth-order valence-corrected chi connectivity index (χ4v) is 2.83. The molecular weight excluding hydrogens is 319 g/mol. The van der Waals surface area contributed by atoms with Crippen LogP contribution >= 0.6 is 0 Å². The van der Waals surface area contributed by atoms with Crippen LogP contribution in [-0.2, 0) is 5.41 Å². The van der Waals surface area contributed by atoms with Crippen molar-refractivity contribution in [3.05, 3.63) is 47.4 Å². The van der Waals surface area contributed by atoms with Crippen molar-refractivity contribution in [3.8, 4) is 17.0 Å². The van der Waals surface area contributed by atoms with Crippen molar-refractivity contribution in [3.63, 3.8) is 0 Å². The highest BCUT2D eigenvalue weighted by Crippen LogP contribution is 2.46. The molecule has 1 aromatic carbocycles. The van der Waals surface area contributed by atoms with Gasteiger partial charge in [0.25, 0.3) is 6.43 Å². The van der Waals surface area contributed by atoms with Crippen LogP contribution in [0.4, 0.5) is 13.2 Å². The number of aliphatic hydroxyl groups excluding tert-OH is 1. The highest BCUT2D eigenvalue weighted by Gasteiger charge is 2.38. The first-order valence-corrected chi connectivity index (χ1v) is 7.76. The summed E-state index contributed by atoms with van der Waals surface area (Å²) in [6.45, 7) is 4.37. The van der Waals surface area contributed by atoms with Gasteiger partial charge >= 0.3 is 0 Å². The summed E-state index contributed by atoms with van der Waals surface area (Å²) in [4.78, 5) is 4.19. The maximum absolute atomic E-state index is 13.2. The maximum Gasteiger partial charge on any atom is 0.269 e. The topological polar surface area (TPSA) is 42.4 Å². The lowest BCUT2D eigenvalue weighted by molar-refractivity contribution is -0.00821. The standard InChI is InChI=1S/C18H18F3NO2/c1-3-18(2)9-24-16-12(18)8-13(15(23)17(20)21)22-14(16)10-4-6-11(19)7-5-10/h4-8,15,17,23H,3,9H2,1-2H3. The number of hydrogen-bond donors (Lipinski definition) is 1. The molecule has 128 valence electrons. The van der Waals surface area contributed by atoms with Gasteiger partial charge in [0.15, 0.2) is 6.10 Å². The van der Waals surface area contributed by atoms with Crippen molar-refractivity contribution in [1.29, 1.82) is 0 Å². The van der Waals surface area contributed by atoms with Gasteiger partial charge in [-0.1, -0.05) is 13.8 Å². The Morgan fingerprint density at radius 2 is 1.96 bits per heavy atom. The van der Waals surface area contributed by atoms with E-state index >= 15 is 0 Å². The van der Waals surface area contributed by atoms with E-state index in [2.05, 4.69) is 4.98 Å². The van der Waals surface area contributed by atoms with Gasteiger partial charge in [0.05, 0.1) is 12.3 Å². The Hall–Kier alpha value is -2.08. The number of alkyl halides is 2. The van der Waals surface area contributed by atoms with E-state index in [0.717, 1.165) is 12.0 Å². The number of hydrogen-bond acceptors (Lipinski definition) is 3. The predicted molar refractivity (Wildman–Crippen MR) is 83.7 cm³/mol. The van der Waals surface area contributed by atoms with E-state index in [1.165, 1.54) is 30.3 Å². The van der Waals surface area contributed by atoms with Gasteiger partial charge in [-0.3, -0.25) is 0 Å². The molecule has 1 aromatic heterocycles. The van der Waals surface area contributed by atoms with E-state index in [0.29, 0.717) is 23.6 Å². The fourth-order valence-electron chi connectivity index (χ4n) is 2.83. The minimum Gasteiger partial charge on any atom is -0.490 e. The number of aliphatic hydroxyl groups is 1. The highest BCUT2D eigenvalue weighted by molar-refractivity contribution is 5.70. The monoisotopic (exact) mass is 337 g/mol. The molecule has 0 saturated carbocycles. The van der Waals surface area contributed by atoms with Gasteiger partial charge in [0.1, 0.15) is 17.3 Å². The van der Waals surface area contributed by atoms with Crippen molar-refractivity contribution in [2.45, 2.75) is 38.2 Å². The third-order valence-corrected chi connectivity index (χ3v) is 4.62. The summed E-state index contributed by atoms with van der Waals surface area (Å²) in [6, 6.07) is 7.07. The Bertz CT molecular complexity index is 749. The molecule has 6 heteroatoms. The molecule has 24 heavy (non-hydrogen) atoms. The van der Waals surface area contributed by atoms with Gasteiger partial charge < -0.3 is 9.84 Å². The molecular formula is C18H18F3NO2. The van der Waals surface area contributed by atoms with Crippen LogP contribution in [0.5, 0.6) is 5.75 Å². The zero-order valence-corrected chi connectivity index (χ0v) is 13.4. The van der Waals surface area contributed by atoms with Gasteiger partial charge in [-0.25, -0.2) is 18.2 Å². The third-order valence-electron chi connectivity index (χ3n) is 4.62. The molecule has 0 fully saturated rings. The molecule has 0 aliphatic carbocycles. The Morgan fingerprint density at radius 3 is 2.54 bits per heavy atom. The summed E-state index contributed by atoms with van der Waals surface area (Å²) in [7, 11) is 0. The summed E-state index contributed by atoms with van der Waals surface area (Å²) in [5.74, 6) is 0.106. The van der Waals surface area contributed by atoms with Crippen LogP contribution in [0.25, 0.3) is 11.3 Å². The van der Waals surface area contributed by atoms with E-state index in [-0.39, 0.29) is 11.1 Å². The second-order valence-electron chi connectivity index (χ2n) is 6.26. The second kappa shape index (κ2) is 6.09. The van der Waals surface area contributed by atoms with E-state index in [4.69, 9.17) is 4.74 Å². The lowest BCUT2D eigenvalue weighted by Crippen LogP contribution is -2.22. The van der Waals surface area contributed by atoms with Crippen LogP contribution in [-0.4, -0.2) is 23.1 Å². The van der Waals surface area contributed by atoms with Crippen molar-refractivity contribution in [1.82, 2.24) is 4.98 Å². The maximum atomic E-state index is 13.2. The summed E-state index contributed by atoms with van der Waals surface area (Å²) < 4.78 is 44.9. The summed E-state index contributed by atoms with van der Waals surface area (Å²) in [5.41, 5.74) is 1.20. The molecule has 2 heterocycles. The van der Waals surface area contributed by atoms with E-state index in [1.807, 2.05) is 13.8 Å². The molecule has 0 amide bonds. The van der Waals surface area contributed by atoms with Crippen molar-refractivity contribution < 1.29 is 23.0 Å². The van der Waals surface area contributed by atoms with Gasteiger partial charge in [0, 0.05) is 16.5 Å². The first kappa shape index (κ1) is 16.8. The average molecular weight is 337 g/mol. The molecule has 2 unspecified atom stereocenters. The van der Waals surface area contributed by atoms with Crippen LogP contribution in [0.3, 0.4) is 0 Å². The number of benzene rings is 1. The number of pyridine rings is 1. The van der Waals surface area contributed by atoms with Crippen molar-refractivity contribution in [2.24, 2.45) is 0 Å². The highest BCUT2D eigenvalue weighted by atomic mass is 19.3. The normalized spacial score (nSPS) is 20.8. The molecule has 0 spiro atoms. The Labute approximate surface area is 138 Å². The Balaban J connectivity index is 2.21. The number of nitrogens with zero attached hydrogens (tertiary/aromatic N) is 1. The SMILES string of the molecule is CCC1(C)COc2c1cc(C(O)C(F)F)nc2-c1ccc(F)cc1. The van der Waals surface area contributed by atoms with E-state index in [1.54, 1.807) is 0 Å². The molecule has 1 aliphatic heterocycles. The van der Waals surface area contributed by atoms with Crippen LogP contribution in [0.2, 0.25) is 0 Å². The van der Waals surface area contributed by atoms with Crippen LogP contribution < -0.4 is 4.74 Å². The first-order valence-electron chi connectivity index (χ1n) is 7.76. The Morgan fingerprint density at radius 1 is 1.29 bits per heavy atom. The molecule has 1 aliphatic rings. The number of rotatable bonds is 4. The summed E-state index contributed by atoms with van der Waals surface area (Å²) in [6.07, 6.45) is -4.17. The fraction of sp³-hybridized carbons (Fsp3) is 0.389. The molecule has 0 bridgehead atoms. The number of halogens is 3. The van der Waals surface area contributed by atoms with E-state index < -0.39 is 18.3 Å². The molecule has 0 saturated heterocycles. The molecule has 3 nitrogen and oxygen atoms in total. The first-order chi connectivity index (χ1) is 11.4. The van der Waals surface area contributed by atoms with Gasteiger partial charge in [0.2, 0.25) is 0 Å². The quantitative estimate of drug-likeness (QED) is 0.907. The largest absolute Gasteiger partial charge is 0.490 e. The molecule has 2 aromatic rings. The zero-order valence-electron chi connectivity index (χ0n) is 13.4. The number of fused-ring (bicyclic) bond motifs is 1. The third kappa shape index (κ3) is 2.75. The van der Waals surface area contributed by atoms with Crippen LogP contribution in [0.1, 0.15) is 37.6 Å². The van der Waals surface area contributed by atoms with Gasteiger partial charge in [-0.15, -0.1) is 0 Å². The minimum absolute atomic E-state index is 0.103. The summed E-state index contributed by atoms with van der Waals surface area (Å²) >= 11 is 0. The summed E-state index contributed by atoms with van der Waals surface area (Å²) in [5, 5.41) is 9.77. The Kier molecular flexibility index (Phi) is 4.25.